The van der Waals surface area contributed by atoms with E-state index in [2.05, 4.69) is 5.32 Å². The second-order valence-corrected chi connectivity index (χ2v) is 4.76. The van der Waals surface area contributed by atoms with E-state index in [0.29, 0.717) is 15.7 Å². The zero-order valence-corrected chi connectivity index (χ0v) is 11.4. The van der Waals surface area contributed by atoms with Gasteiger partial charge in [-0.1, -0.05) is 59.6 Å². The highest BCUT2D eigenvalue weighted by Crippen LogP contribution is 2.30. The summed E-state index contributed by atoms with van der Waals surface area (Å²) in [4.78, 5) is 12.0. The van der Waals surface area contributed by atoms with E-state index in [1.54, 1.807) is 30.3 Å². The first-order valence-electron chi connectivity index (χ1n) is 5.65. The summed E-state index contributed by atoms with van der Waals surface area (Å²) in [6, 6.07) is 13.4. The molecule has 0 heterocycles. The summed E-state index contributed by atoms with van der Waals surface area (Å²) in [5.41, 5.74) is 7.07. The maximum atomic E-state index is 12.0. The van der Waals surface area contributed by atoms with Gasteiger partial charge in [-0.05, 0) is 17.7 Å². The average Bonchev–Trinajstić information content (AvgIpc) is 2.44. The van der Waals surface area contributed by atoms with Crippen LogP contribution in [0.15, 0.2) is 48.5 Å². The van der Waals surface area contributed by atoms with Crippen molar-refractivity contribution in [2.75, 3.05) is 5.32 Å². The van der Waals surface area contributed by atoms with E-state index >= 15 is 0 Å². The Hall–Kier alpha value is -1.55. The smallest absolute Gasteiger partial charge is 0.245 e. The van der Waals surface area contributed by atoms with Crippen molar-refractivity contribution < 1.29 is 4.79 Å². The molecule has 98 valence electrons. The maximum Gasteiger partial charge on any atom is 0.245 e. The van der Waals surface area contributed by atoms with Crippen LogP contribution < -0.4 is 11.1 Å². The fourth-order valence-corrected chi connectivity index (χ4v) is 1.97. The van der Waals surface area contributed by atoms with Gasteiger partial charge in [-0.15, -0.1) is 0 Å². The van der Waals surface area contributed by atoms with E-state index in [4.69, 9.17) is 28.9 Å². The van der Waals surface area contributed by atoms with Gasteiger partial charge in [0.05, 0.1) is 15.7 Å². The van der Waals surface area contributed by atoms with Crippen LogP contribution in [0, 0.1) is 0 Å². The molecule has 0 aliphatic heterocycles. The normalized spacial score (nSPS) is 11.9. The summed E-state index contributed by atoms with van der Waals surface area (Å²) < 4.78 is 0. The van der Waals surface area contributed by atoms with Gasteiger partial charge in [0.1, 0.15) is 6.04 Å². The second-order valence-electron chi connectivity index (χ2n) is 3.98. The number of benzene rings is 2. The summed E-state index contributed by atoms with van der Waals surface area (Å²) in [5, 5.41) is 3.35. The topological polar surface area (TPSA) is 55.1 Å². The second kappa shape index (κ2) is 6.06. The van der Waals surface area contributed by atoms with E-state index in [0.717, 1.165) is 5.56 Å². The van der Waals surface area contributed by atoms with Crippen molar-refractivity contribution in [2.24, 2.45) is 5.73 Å². The predicted octanol–water partition coefficient (Wildman–Crippen LogP) is 3.63. The molecule has 0 saturated heterocycles. The van der Waals surface area contributed by atoms with Crippen molar-refractivity contribution >= 4 is 34.8 Å². The van der Waals surface area contributed by atoms with Crippen LogP contribution >= 0.6 is 23.2 Å². The highest BCUT2D eigenvalue weighted by molar-refractivity contribution is 6.44. The van der Waals surface area contributed by atoms with E-state index in [9.17, 15) is 4.79 Å². The Morgan fingerprint density at radius 1 is 1.05 bits per heavy atom. The number of anilines is 1. The van der Waals surface area contributed by atoms with Crippen LogP contribution in [0.4, 0.5) is 5.69 Å². The van der Waals surface area contributed by atoms with Crippen molar-refractivity contribution in [2.45, 2.75) is 6.04 Å². The largest absolute Gasteiger partial charge is 0.323 e. The third-order valence-electron chi connectivity index (χ3n) is 2.65. The van der Waals surface area contributed by atoms with Gasteiger partial charge in [0.2, 0.25) is 5.91 Å². The van der Waals surface area contributed by atoms with Gasteiger partial charge in [-0.25, -0.2) is 0 Å². The van der Waals surface area contributed by atoms with Crippen LogP contribution in [0.5, 0.6) is 0 Å². The maximum absolute atomic E-state index is 12.0. The van der Waals surface area contributed by atoms with Gasteiger partial charge in [0, 0.05) is 0 Å². The SMILES string of the molecule is NC(C(=O)Nc1cccc(Cl)c1Cl)c1ccccc1. The van der Waals surface area contributed by atoms with Crippen LogP contribution in [0.1, 0.15) is 11.6 Å². The van der Waals surface area contributed by atoms with Crippen molar-refractivity contribution in [1.82, 2.24) is 0 Å². The van der Waals surface area contributed by atoms with E-state index < -0.39 is 6.04 Å². The van der Waals surface area contributed by atoms with E-state index in [1.165, 1.54) is 0 Å². The van der Waals surface area contributed by atoms with Gasteiger partial charge < -0.3 is 11.1 Å². The van der Waals surface area contributed by atoms with Crippen LogP contribution in [-0.4, -0.2) is 5.91 Å². The van der Waals surface area contributed by atoms with Gasteiger partial charge in [0.15, 0.2) is 0 Å². The molecule has 0 aromatic heterocycles. The highest BCUT2D eigenvalue weighted by Gasteiger charge is 2.17. The molecule has 1 unspecified atom stereocenters. The lowest BCUT2D eigenvalue weighted by Gasteiger charge is -2.13. The fraction of sp³-hybridized carbons (Fsp3) is 0.0714. The molecule has 0 spiro atoms. The zero-order valence-electron chi connectivity index (χ0n) is 9.94. The number of carbonyl (C=O) groups excluding carboxylic acids is 1. The number of rotatable bonds is 3. The first-order chi connectivity index (χ1) is 9.09. The highest BCUT2D eigenvalue weighted by atomic mass is 35.5. The number of hydrogen-bond donors (Lipinski definition) is 2. The Balaban J connectivity index is 2.15. The molecule has 0 aliphatic rings. The molecule has 1 atom stereocenters. The van der Waals surface area contributed by atoms with Gasteiger partial charge in [-0.3, -0.25) is 4.79 Å². The molecule has 0 fully saturated rings. The van der Waals surface area contributed by atoms with Crippen molar-refractivity contribution in [3.63, 3.8) is 0 Å². The van der Waals surface area contributed by atoms with Gasteiger partial charge in [-0.2, -0.15) is 0 Å². The van der Waals surface area contributed by atoms with Gasteiger partial charge in [0.25, 0.3) is 0 Å². The lowest BCUT2D eigenvalue weighted by atomic mass is 10.1. The van der Waals surface area contributed by atoms with Crippen LogP contribution in [-0.2, 0) is 4.79 Å². The fourth-order valence-electron chi connectivity index (χ4n) is 1.62. The zero-order chi connectivity index (χ0) is 13.8. The monoisotopic (exact) mass is 294 g/mol. The Bertz CT molecular complexity index is 587. The Morgan fingerprint density at radius 2 is 1.74 bits per heavy atom. The minimum absolute atomic E-state index is 0.303. The van der Waals surface area contributed by atoms with E-state index in [1.807, 2.05) is 18.2 Å². The summed E-state index contributed by atoms with van der Waals surface area (Å²) in [5.74, 6) is -0.338. The standard InChI is InChI=1S/C14H12Cl2N2O/c15-10-7-4-8-11(12(10)16)18-14(19)13(17)9-5-2-1-3-6-9/h1-8,13H,17H2,(H,18,19). The molecular weight excluding hydrogens is 283 g/mol. The van der Waals surface area contributed by atoms with Crippen LogP contribution in [0.3, 0.4) is 0 Å². The lowest BCUT2D eigenvalue weighted by molar-refractivity contribution is -0.117. The molecular formula is C14H12Cl2N2O. The summed E-state index contributed by atoms with van der Waals surface area (Å²) in [7, 11) is 0. The average molecular weight is 295 g/mol. The first kappa shape index (κ1) is 13.9. The Labute approximate surface area is 121 Å². The van der Waals surface area contributed by atoms with Crippen LogP contribution in [0.2, 0.25) is 10.0 Å². The number of halogens is 2. The number of carbonyl (C=O) groups is 1. The quantitative estimate of drug-likeness (QED) is 0.908. The molecule has 1 amide bonds. The minimum atomic E-state index is -0.753. The summed E-state index contributed by atoms with van der Waals surface area (Å²) in [6.45, 7) is 0. The molecule has 0 bridgehead atoms. The Kier molecular flexibility index (Phi) is 4.43. The Morgan fingerprint density at radius 3 is 2.42 bits per heavy atom. The lowest BCUT2D eigenvalue weighted by Crippen LogP contribution is -2.27. The van der Waals surface area contributed by atoms with Crippen LogP contribution in [0.25, 0.3) is 0 Å². The molecule has 0 radical (unpaired) electrons. The molecule has 19 heavy (non-hydrogen) atoms. The molecule has 2 rings (SSSR count). The molecule has 0 saturated carbocycles. The third-order valence-corrected chi connectivity index (χ3v) is 3.47. The van der Waals surface area contributed by atoms with E-state index in [-0.39, 0.29) is 5.91 Å². The molecule has 3 nitrogen and oxygen atoms in total. The molecule has 2 aromatic rings. The van der Waals surface area contributed by atoms with Crippen molar-refractivity contribution in [3.05, 3.63) is 64.1 Å². The predicted molar refractivity (Wildman–Crippen MR) is 78.5 cm³/mol. The van der Waals surface area contributed by atoms with Gasteiger partial charge >= 0.3 is 0 Å². The molecule has 3 N–H and O–H groups in total. The molecule has 2 aromatic carbocycles. The number of hydrogen-bond acceptors (Lipinski definition) is 2. The summed E-state index contributed by atoms with van der Waals surface area (Å²) in [6.07, 6.45) is 0. The molecule has 0 aliphatic carbocycles. The molecule has 5 heteroatoms. The van der Waals surface area contributed by atoms with Crippen molar-refractivity contribution in [3.8, 4) is 0 Å². The van der Waals surface area contributed by atoms with Crippen molar-refractivity contribution in [1.29, 1.82) is 0 Å². The minimum Gasteiger partial charge on any atom is -0.323 e. The number of nitrogens with one attached hydrogen (secondary N) is 1. The third kappa shape index (κ3) is 3.26. The number of amides is 1. The summed E-state index contributed by atoms with van der Waals surface area (Å²) >= 11 is 11.9. The number of nitrogens with two attached hydrogens (primary N) is 1. The first-order valence-corrected chi connectivity index (χ1v) is 6.40.